The molecular formula is C20H30N2O2. The van der Waals surface area contributed by atoms with Crippen molar-refractivity contribution in [3.05, 3.63) is 11.6 Å². The monoisotopic (exact) mass is 330 g/mol. The lowest BCUT2D eigenvalue weighted by atomic mass is 9.47. The number of nitrogens with two attached hydrogens (primary N) is 1. The Balaban J connectivity index is 1.61. The summed E-state index contributed by atoms with van der Waals surface area (Å²) in [5.41, 5.74) is 7.05. The van der Waals surface area contributed by atoms with Gasteiger partial charge in [-0.25, -0.2) is 4.79 Å². The number of carbonyl (C=O) groups excluding carboxylic acids is 2. The van der Waals surface area contributed by atoms with Gasteiger partial charge in [0, 0.05) is 17.9 Å². The summed E-state index contributed by atoms with van der Waals surface area (Å²) in [6.07, 6.45) is 10.9. The number of urea groups is 1. The van der Waals surface area contributed by atoms with Gasteiger partial charge < -0.3 is 11.1 Å². The van der Waals surface area contributed by atoms with Crippen LogP contribution in [0.25, 0.3) is 0 Å². The quantitative estimate of drug-likeness (QED) is 0.722. The number of amides is 2. The van der Waals surface area contributed by atoms with E-state index in [9.17, 15) is 9.59 Å². The molecular weight excluding hydrogens is 300 g/mol. The summed E-state index contributed by atoms with van der Waals surface area (Å²) in [5.74, 6) is 2.53. The molecule has 1 unspecified atom stereocenters. The van der Waals surface area contributed by atoms with Crippen molar-refractivity contribution < 1.29 is 9.59 Å². The van der Waals surface area contributed by atoms with E-state index in [1.807, 2.05) is 0 Å². The van der Waals surface area contributed by atoms with E-state index >= 15 is 0 Å². The molecule has 4 heteroatoms. The third kappa shape index (κ3) is 2.18. The Labute approximate surface area is 144 Å². The zero-order valence-corrected chi connectivity index (χ0v) is 14.9. The number of Topliss-reactive ketones (excluding diaryl/α,β-unsaturated/α-hetero) is 1. The summed E-state index contributed by atoms with van der Waals surface area (Å²) in [4.78, 5) is 23.6. The number of hydrogen-bond donors (Lipinski definition) is 2. The summed E-state index contributed by atoms with van der Waals surface area (Å²) in [5, 5.41) is 2.87. The van der Waals surface area contributed by atoms with Crippen LogP contribution >= 0.6 is 0 Å². The van der Waals surface area contributed by atoms with Gasteiger partial charge in [0.15, 0.2) is 0 Å². The lowest BCUT2D eigenvalue weighted by Crippen LogP contribution is -2.52. The predicted octanol–water partition coefficient (Wildman–Crippen LogP) is 3.56. The van der Waals surface area contributed by atoms with Gasteiger partial charge in [0.2, 0.25) is 0 Å². The molecule has 3 saturated carbocycles. The summed E-state index contributed by atoms with van der Waals surface area (Å²) in [6, 6.07) is -0.323. The molecule has 4 aliphatic rings. The van der Waals surface area contributed by atoms with E-state index in [1.165, 1.54) is 18.4 Å². The van der Waals surface area contributed by atoms with Gasteiger partial charge >= 0.3 is 6.03 Å². The van der Waals surface area contributed by atoms with Crippen LogP contribution in [0.2, 0.25) is 0 Å². The van der Waals surface area contributed by atoms with Crippen LogP contribution in [-0.2, 0) is 4.79 Å². The molecule has 0 aromatic carbocycles. The van der Waals surface area contributed by atoms with Crippen LogP contribution in [0.3, 0.4) is 0 Å². The van der Waals surface area contributed by atoms with Gasteiger partial charge in [-0.15, -0.1) is 0 Å². The molecule has 132 valence electrons. The lowest BCUT2D eigenvalue weighted by molar-refractivity contribution is -0.132. The van der Waals surface area contributed by atoms with Gasteiger partial charge in [-0.3, -0.25) is 4.79 Å². The average molecular weight is 330 g/mol. The van der Waals surface area contributed by atoms with Crippen molar-refractivity contribution in [2.45, 2.75) is 71.3 Å². The molecule has 6 atom stereocenters. The van der Waals surface area contributed by atoms with Crippen LogP contribution in [0.4, 0.5) is 4.79 Å². The molecule has 0 aromatic rings. The summed E-state index contributed by atoms with van der Waals surface area (Å²) in [6.45, 7) is 4.68. The minimum absolute atomic E-state index is 0.0382. The Hall–Kier alpha value is -1.32. The number of hydrogen-bond acceptors (Lipinski definition) is 2. The van der Waals surface area contributed by atoms with E-state index in [0.717, 1.165) is 38.5 Å². The summed E-state index contributed by atoms with van der Waals surface area (Å²) >= 11 is 0. The lowest BCUT2D eigenvalue weighted by Gasteiger charge is -2.57. The van der Waals surface area contributed by atoms with E-state index in [0.29, 0.717) is 23.5 Å². The summed E-state index contributed by atoms with van der Waals surface area (Å²) < 4.78 is 0. The minimum atomic E-state index is -0.424. The Bertz CT molecular complexity index is 613. The fraction of sp³-hybridized carbons (Fsp3) is 0.800. The van der Waals surface area contributed by atoms with Crippen LogP contribution in [0.5, 0.6) is 0 Å². The molecule has 4 aliphatic carbocycles. The fourth-order valence-corrected chi connectivity index (χ4v) is 6.80. The first-order valence-corrected chi connectivity index (χ1v) is 9.65. The molecule has 0 radical (unpaired) electrons. The molecule has 2 amide bonds. The Kier molecular flexibility index (Phi) is 3.59. The Morgan fingerprint density at radius 1 is 1.08 bits per heavy atom. The van der Waals surface area contributed by atoms with E-state index < -0.39 is 6.03 Å². The number of fused-ring (bicyclic) bond motifs is 5. The topological polar surface area (TPSA) is 72.2 Å². The van der Waals surface area contributed by atoms with Crippen molar-refractivity contribution in [3.63, 3.8) is 0 Å². The second-order valence-electron chi connectivity index (χ2n) is 9.10. The summed E-state index contributed by atoms with van der Waals surface area (Å²) in [7, 11) is 0. The first kappa shape index (κ1) is 16.2. The molecule has 4 rings (SSSR count). The van der Waals surface area contributed by atoms with E-state index in [-0.39, 0.29) is 16.9 Å². The number of allylic oxidation sites excluding steroid dienone is 1. The smallest absolute Gasteiger partial charge is 0.312 e. The van der Waals surface area contributed by atoms with Gasteiger partial charge in [-0.05, 0) is 68.1 Å². The first-order chi connectivity index (χ1) is 11.3. The average Bonchev–Trinajstić information content (AvgIpc) is 2.83. The molecule has 0 saturated heterocycles. The van der Waals surface area contributed by atoms with E-state index in [4.69, 9.17) is 5.73 Å². The Morgan fingerprint density at radius 2 is 1.79 bits per heavy atom. The second kappa shape index (κ2) is 5.34. The van der Waals surface area contributed by atoms with Crippen molar-refractivity contribution in [2.24, 2.45) is 34.3 Å². The molecule has 4 nitrogen and oxygen atoms in total. The number of ketones is 1. The van der Waals surface area contributed by atoms with Crippen LogP contribution < -0.4 is 11.1 Å². The van der Waals surface area contributed by atoms with Gasteiger partial charge in [0.25, 0.3) is 0 Å². The van der Waals surface area contributed by atoms with Gasteiger partial charge in [-0.1, -0.05) is 25.5 Å². The number of primary amides is 1. The maximum Gasteiger partial charge on any atom is 0.312 e. The van der Waals surface area contributed by atoms with Crippen molar-refractivity contribution in [3.8, 4) is 0 Å². The number of carbonyl (C=O) groups is 2. The van der Waals surface area contributed by atoms with Crippen molar-refractivity contribution in [2.75, 3.05) is 0 Å². The van der Waals surface area contributed by atoms with Gasteiger partial charge in [-0.2, -0.15) is 0 Å². The van der Waals surface area contributed by atoms with Crippen molar-refractivity contribution in [1.29, 1.82) is 0 Å². The highest BCUT2D eigenvalue weighted by molar-refractivity contribution is 5.87. The Morgan fingerprint density at radius 3 is 2.54 bits per heavy atom. The SMILES string of the molecule is C[C@]12CCC(NC(N)=O)C=C1CC[C@@H]1[C@H]2CC[C@]2(C)C(=O)CC[C@@H]12. The molecule has 0 bridgehead atoms. The molecule has 0 aliphatic heterocycles. The molecule has 3 N–H and O–H groups in total. The van der Waals surface area contributed by atoms with Crippen molar-refractivity contribution in [1.82, 2.24) is 5.32 Å². The number of rotatable bonds is 1. The van der Waals surface area contributed by atoms with E-state index in [1.54, 1.807) is 0 Å². The molecule has 0 heterocycles. The normalized spacial score (nSPS) is 47.2. The third-order valence-corrected chi connectivity index (χ3v) is 8.15. The van der Waals surface area contributed by atoms with Crippen molar-refractivity contribution >= 4 is 11.8 Å². The first-order valence-electron chi connectivity index (χ1n) is 9.65. The standard InChI is InChI=1S/C20H30N2O2/c1-19-9-7-13(22-18(21)24)11-12(19)3-4-14-15-5-6-17(23)20(15,2)10-8-16(14)19/h11,13-16H,3-10H2,1-2H3,(H3,21,22,24)/t13?,14-,15-,16+,19-,20-/m0/s1. The minimum Gasteiger partial charge on any atom is -0.352 e. The third-order valence-electron chi connectivity index (χ3n) is 8.15. The zero-order valence-electron chi connectivity index (χ0n) is 14.9. The maximum atomic E-state index is 12.4. The highest BCUT2D eigenvalue weighted by Gasteiger charge is 2.58. The largest absolute Gasteiger partial charge is 0.352 e. The zero-order chi connectivity index (χ0) is 17.1. The van der Waals surface area contributed by atoms with Crippen LogP contribution in [0.1, 0.15) is 65.2 Å². The molecule has 3 fully saturated rings. The highest BCUT2D eigenvalue weighted by atomic mass is 16.2. The number of nitrogens with one attached hydrogen (secondary N) is 1. The molecule has 0 aromatic heterocycles. The highest BCUT2D eigenvalue weighted by Crippen LogP contribution is 2.64. The van der Waals surface area contributed by atoms with Crippen LogP contribution in [-0.4, -0.2) is 17.9 Å². The molecule has 0 spiro atoms. The van der Waals surface area contributed by atoms with Crippen LogP contribution in [0, 0.1) is 28.6 Å². The fourth-order valence-electron chi connectivity index (χ4n) is 6.80. The predicted molar refractivity (Wildman–Crippen MR) is 93.2 cm³/mol. The van der Waals surface area contributed by atoms with Gasteiger partial charge in [0.05, 0.1) is 0 Å². The van der Waals surface area contributed by atoms with Crippen LogP contribution in [0.15, 0.2) is 11.6 Å². The second-order valence-corrected chi connectivity index (χ2v) is 9.10. The van der Waals surface area contributed by atoms with E-state index in [2.05, 4.69) is 25.2 Å². The molecule has 24 heavy (non-hydrogen) atoms. The maximum absolute atomic E-state index is 12.4. The van der Waals surface area contributed by atoms with Gasteiger partial charge in [0.1, 0.15) is 5.78 Å².